The Hall–Kier alpha value is -2.32. The van der Waals surface area contributed by atoms with Crippen molar-refractivity contribution in [3.63, 3.8) is 0 Å². The molecule has 38 heavy (non-hydrogen) atoms. The molecule has 216 valence electrons. The smallest absolute Gasteiger partial charge is 0.335 e. The number of nitrogens with zero attached hydrogens (tertiary/aromatic N) is 1. The van der Waals surface area contributed by atoms with Crippen molar-refractivity contribution in [2.24, 2.45) is 5.92 Å². The number of aliphatic hydroxyl groups is 3. The van der Waals surface area contributed by atoms with Gasteiger partial charge in [-0.25, -0.2) is 9.59 Å². The summed E-state index contributed by atoms with van der Waals surface area (Å²) in [5, 5.41) is 42.5. The Morgan fingerprint density at radius 2 is 1.74 bits per heavy atom. The minimum atomic E-state index is -1.92. The zero-order valence-corrected chi connectivity index (χ0v) is 22.0. The first-order chi connectivity index (χ1) is 18.0. The molecule has 0 aromatic rings. The van der Waals surface area contributed by atoms with Gasteiger partial charge in [0.25, 0.3) is 0 Å². The molecule has 0 bridgehead atoms. The van der Waals surface area contributed by atoms with Gasteiger partial charge in [0, 0.05) is 6.04 Å². The van der Waals surface area contributed by atoms with Crippen LogP contribution in [0.3, 0.4) is 0 Å². The van der Waals surface area contributed by atoms with Crippen LogP contribution in [-0.2, 0) is 33.4 Å². The molecule has 5 N–H and O–H groups in total. The molecular weight excluding hydrogens is 504 g/mol. The summed E-state index contributed by atoms with van der Waals surface area (Å²) >= 11 is 0. The summed E-state index contributed by atoms with van der Waals surface area (Å²) in [5.74, 6) is -3.32. The predicted octanol–water partition coefficient (Wildman–Crippen LogP) is -0.709. The van der Waals surface area contributed by atoms with Crippen molar-refractivity contribution in [2.45, 2.75) is 121 Å². The lowest BCUT2D eigenvalue weighted by Crippen LogP contribution is -2.61. The third-order valence-electron chi connectivity index (χ3n) is 7.63. The first-order valence-corrected chi connectivity index (χ1v) is 13.4. The summed E-state index contributed by atoms with van der Waals surface area (Å²) in [4.78, 5) is 52.3. The van der Waals surface area contributed by atoms with Crippen LogP contribution in [0, 0.1) is 5.92 Å². The van der Waals surface area contributed by atoms with E-state index in [1.165, 1.54) is 4.90 Å². The molecule has 2 aliphatic heterocycles. The van der Waals surface area contributed by atoms with Gasteiger partial charge in [-0.1, -0.05) is 26.2 Å². The number of aliphatic carboxylic acids is 1. The summed E-state index contributed by atoms with van der Waals surface area (Å²) in [6.07, 6.45) is -4.71. The Kier molecular flexibility index (Phi) is 10.5. The molecule has 1 aliphatic carbocycles. The number of likely N-dealkylation sites (tertiary alicyclic amines) is 1. The molecule has 13 heteroatoms. The lowest BCUT2D eigenvalue weighted by Gasteiger charge is -2.39. The van der Waals surface area contributed by atoms with Gasteiger partial charge in [0.05, 0.1) is 12.6 Å². The third-order valence-corrected chi connectivity index (χ3v) is 7.63. The Bertz CT molecular complexity index is 870. The SMILES string of the molecule is CCC[C@H](N[C@@H](C)C(=O)N1[C@@H](C(=O)O[C@@H]2O[C@@H](C(=O)O)[C@H](O)[C@@H](O)[C@@H]2O)C[C@@H]2CCCC[C@@H]21)C(=O)OCC. The molecule has 10 atom stereocenters. The number of carboxylic acid groups (broad SMARTS) is 1. The second-order valence-corrected chi connectivity index (χ2v) is 10.3. The fourth-order valence-corrected chi connectivity index (χ4v) is 5.73. The maximum Gasteiger partial charge on any atom is 0.335 e. The number of hydrogen-bond acceptors (Lipinski definition) is 11. The van der Waals surface area contributed by atoms with E-state index in [0.29, 0.717) is 25.7 Å². The molecule has 0 spiro atoms. The summed E-state index contributed by atoms with van der Waals surface area (Å²) in [6.45, 7) is 5.43. The molecule has 2 heterocycles. The molecule has 0 aromatic heterocycles. The average Bonchev–Trinajstić information content (AvgIpc) is 3.27. The number of amides is 1. The van der Waals surface area contributed by atoms with E-state index in [-0.39, 0.29) is 18.6 Å². The predicted molar refractivity (Wildman–Crippen MR) is 129 cm³/mol. The molecule has 0 unspecified atom stereocenters. The van der Waals surface area contributed by atoms with Crippen molar-refractivity contribution in [1.29, 1.82) is 0 Å². The lowest BCUT2D eigenvalue weighted by atomic mass is 9.84. The number of fused-ring (bicyclic) bond motifs is 1. The van der Waals surface area contributed by atoms with Crippen molar-refractivity contribution in [1.82, 2.24) is 10.2 Å². The first kappa shape index (κ1) is 30.2. The van der Waals surface area contributed by atoms with Crippen LogP contribution in [0.15, 0.2) is 0 Å². The van der Waals surface area contributed by atoms with E-state index in [4.69, 9.17) is 14.2 Å². The monoisotopic (exact) mass is 544 g/mol. The van der Waals surface area contributed by atoms with Crippen LogP contribution >= 0.6 is 0 Å². The van der Waals surface area contributed by atoms with E-state index in [1.54, 1.807) is 13.8 Å². The van der Waals surface area contributed by atoms with E-state index in [0.717, 1.165) is 19.3 Å². The molecule has 3 rings (SSSR count). The van der Waals surface area contributed by atoms with Gasteiger partial charge in [-0.05, 0) is 45.4 Å². The van der Waals surface area contributed by atoms with Crippen molar-refractivity contribution >= 4 is 23.8 Å². The van der Waals surface area contributed by atoms with Crippen molar-refractivity contribution < 1.29 is 53.8 Å². The Balaban J connectivity index is 1.78. The minimum Gasteiger partial charge on any atom is -0.479 e. The standard InChI is InChI=1S/C25H40N2O11/c1-4-8-14(23(34)36-5-2)26-12(3)21(31)27-15-10-7-6-9-13(15)11-16(27)24(35)38-25-19(30)17(28)18(29)20(37-25)22(32)33/h12-20,25-26,28-30H,4-11H2,1-3H3,(H,32,33)/t12-,13-,14-,15-,16+,17+,18+,19-,20+,25-/m0/s1. The van der Waals surface area contributed by atoms with E-state index in [9.17, 15) is 39.6 Å². The molecule has 2 saturated heterocycles. The summed E-state index contributed by atoms with van der Waals surface area (Å²) in [6, 6.07) is -2.77. The Morgan fingerprint density at radius 1 is 1.05 bits per heavy atom. The fourth-order valence-electron chi connectivity index (χ4n) is 5.73. The zero-order valence-electron chi connectivity index (χ0n) is 22.0. The van der Waals surface area contributed by atoms with Crippen molar-refractivity contribution in [3.05, 3.63) is 0 Å². The number of esters is 2. The second kappa shape index (κ2) is 13.2. The normalized spacial score (nSPS) is 34.6. The summed E-state index contributed by atoms with van der Waals surface area (Å²) in [5.41, 5.74) is 0. The molecule has 3 aliphatic rings. The van der Waals surface area contributed by atoms with Gasteiger partial charge in [0.1, 0.15) is 30.4 Å². The second-order valence-electron chi connectivity index (χ2n) is 10.3. The number of aliphatic hydroxyl groups excluding tert-OH is 3. The van der Waals surface area contributed by atoms with E-state index in [1.807, 2.05) is 6.92 Å². The van der Waals surface area contributed by atoms with Crippen LogP contribution in [-0.4, -0.2) is 111 Å². The molecule has 0 aromatic carbocycles. The van der Waals surface area contributed by atoms with Crippen LogP contribution in [0.4, 0.5) is 0 Å². The topological polar surface area (TPSA) is 192 Å². The van der Waals surface area contributed by atoms with Crippen LogP contribution in [0.2, 0.25) is 0 Å². The minimum absolute atomic E-state index is 0.0466. The van der Waals surface area contributed by atoms with Gasteiger partial charge >= 0.3 is 17.9 Å². The third kappa shape index (κ3) is 6.45. The quantitative estimate of drug-likeness (QED) is 0.217. The summed E-state index contributed by atoms with van der Waals surface area (Å²) in [7, 11) is 0. The van der Waals surface area contributed by atoms with Crippen molar-refractivity contribution in [2.75, 3.05) is 6.61 Å². The number of carbonyl (C=O) groups is 4. The molecular formula is C25H40N2O11. The maximum absolute atomic E-state index is 13.7. The number of rotatable bonds is 10. The zero-order chi connectivity index (χ0) is 28.1. The van der Waals surface area contributed by atoms with Gasteiger partial charge in [0.15, 0.2) is 6.10 Å². The number of nitrogens with one attached hydrogen (secondary N) is 1. The van der Waals surface area contributed by atoms with Gasteiger partial charge < -0.3 is 39.5 Å². The molecule has 13 nitrogen and oxygen atoms in total. The Labute approximate surface area is 221 Å². The molecule has 1 saturated carbocycles. The largest absolute Gasteiger partial charge is 0.479 e. The highest BCUT2D eigenvalue weighted by Gasteiger charge is 2.52. The average molecular weight is 545 g/mol. The number of carboxylic acids is 1. The fraction of sp³-hybridized carbons (Fsp3) is 0.840. The van der Waals surface area contributed by atoms with E-state index < -0.39 is 72.6 Å². The van der Waals surface area contributed by atoms with E-state index in [2.05, 4.69) is 5.32 Å². The van der Waals surface area contributed by atoms with Gasteiger partial charge in [-0.3, -0.25) is 14.9 Å². The first-order valence-electron chi connectivity index (χ1n) is 13.4. The highest BCUT2D eigenvalue weighted by Crippen LogP contribution is 2.41. The van der Waals surface area contributed by atoms with Crippen LogP contribution < -0.4 is 5.32 Å². The highest BCUT2D eigenvalue weighted by atomic mass is 16.7. The van der Waals surface area contributed by atoms with Gasteiger partial charge in [-0.15, -0.1) is 0 Å². The van der Waals surface area contributed by atoms with Gasteiger partial charge in [-0.2, -0.15) is 0 Å². The maximum atomic E-state index is 13.7. The van der Waals surface area contributed by atoms with E-state index >= 15 is 0 Å². The highest BCUT2D eigenvalue weighted by molar-refractivity contribution is 5.89. The summed E-state index contributed by atoms with van der Waals surface area (Å²) < 4.78 is 15.5. The van der Waals surface area contributed by atoms with Gasteiger partial charge in [0.2, 0.25) is 12.2 Å². The van der Waals surface area contributed by atoms with Crippen molar-refractivity contribution in [3.8, 4) is 0 Å². The Morgan fingerprint density at radius 3 is 2.37 bits per heavy atom. The van der Waals surface area contributed by atoms with Crippen LogP contribution in [0.25, 0.3) is 0 Å². The number of carbonyl (C=O) groups excluding carboxylic acids is 3. The number of hydrogen-bond donors (Lipinski definition) is 5. The number of ether oxygens (including phenoxy) is 3. The molecule has 1 amide bonds. The molecule has 0 radical (unpaired) electrons. The van der Waals surface area contributed by atoms with Crippen LogP contribution in [0.5, 0.6) is 0 Å². The molecule has 3 fully saturated rings. The lowest BCUT2D eigenvalue weighted by molar-refractivity contribution is -0.287. The van der Waals surface area contributed by atoms with Crippen LogP contribution in [0.1, 0.15) is 65.7 Å².